The van der Waals surface area contributed by atoms with Crippen LogP contribution < -0.4 is 11.1 Å². The number of carboxylic acid groups (broad SMARTS) is 1. The molecule has 0 aliphatic heterocycles. The molecule has 2 rings (SSSR count). The molecule has 1 heterocycles. The average Bonchev–Trinajstić information content (AvgIpc) is 2.94. The third kappa shape index (κ3) is 4.22. The summed E-state index contributed by atoms with van der Waals surface area (Å²) in [5, 5.41) is 19.0. The summed E-state index contributed by atoms with van der Waals surface area (Å²) in [6.45, 7) is 1.39. The Morgan fingerprint density at radius 3 is 2.68 bits per heavy atom. The maximum atomic E-state index is 11.5. The van der Waals surface area contributed by atoms with Crippen LogP contribution in [-0.2, 0) is 9.59 Å². The lowest BCUT2D eigenvalue weighted by Crippen LogP contribution is -2.39. The Bertz CT molecular complexity index is 671. The zero-order chi connectivity index (χ0) is 16.1. The van der Waals surface area contributed by atoms with Crippen molar-refractivity contribution in [2.45, 2.75) is 18.2 Å². The van der Waals surface area contributed by atoms with Crippen molar-refractivity contribution >= 4 is 29.3 Å². The van der Waals surface area contributed by atoms with Crippen LogP contribution in [0.4, 0.5) is 5.69 Å². The predicted octanol–water partition coefficient (Wildman–Crippen LogP) is 1.00. The number of benzene rings is 1. The quantitative estimate of drug-likeness (QED) is 0.530. The fourth-order valence-electron chi connectivity index (χ4n) is 1.48. The molecule has 0 aliphatic carbocycles. The highest BCUT2D eigenvalue weighted by molar-refractivity contribution is 7.99. The smallest absolute Gasteiger partial charge is 0.325 e. The number of thioether (sulfide) groups is 1. The SMILES string of the molecule is CC(NC(=O)CSc1nnc(-c2ccc(N)cc2)o1)C(=O)O. The average molecular weight is 322 g/mol. The zero-order valence-electron chi connectivity index (χ0n) is 11.6. The summed E-state index contributed by atoms with van der Waals surface area (Å²) in [4.78, 5) is 22.2. The molecule has 1 aromatic heterocycles. The topological polar surface area (TPSA) is 131 Å². The van der Waals surface area contributed by atoms with Crippen molar-refractivity contribution in [3.63, 3.8) is 0 Å². The first-order valence-electron chi connectivity index (χ1n) is 6.30. The van der Waals surface area contributed by atoms with Crippen LogP contribution in [0.1, 0.15) is 6.92 Å². The molecule has 0 spiro atoms. The molecule has 1 unspecified atom stereocenters. The first-order valence-corrected chi connectivity index (χ1v) is 7.28. The van der Waals surface area contributed by atoms with E-state index in [1.54, 1.807) is 24.3 Å². The van der Waals surface area contributed by atoms with Crippen LogP contribution in [0, 0.1) is 0 Å². The number of nitrogens with one attached hydrogen (secondary N) is 1. The van der Waals surface area contributed by atoms with E-state index in [1.165, 1.54) is 6.92 Å². The van der Waals surface area contributed by atoms with Crippen molar-refractivity contribution in [2.24, 2.45) is 0 Å². The van der Waals surface area contributed by atoms with Gasteiger partial charge in [0.15, 0.2) is 0 Å². The van der Waals surface area contributed by atoms with E-state index in [0.717, 1.165) is 17.3 Å². The number of hydrogen-bond acceptors (Lipinski definition) is 7. The van der Waals surface area contributed by atoms with Crippen molar-refractivity contribution < 1.29 is 19.1 Å². The second kappa shape index (κ2) is 6.94. The number of amides is 1. The Hall–Kier alpha value is -2.55. The van der Waals surface area contributed by atoms with Gasteiger partial charge in [0.2, 0.25) is 11.8 Å². The second-order valence-corrected chi connectivity index (χ2v) is 5.34. The highest BCUT2D eigenvalue weighted by atomic mass is 32.2. The van der Waals surface area contributed by atoms with E-state index >= 15 is 0 Å². The molecule has 1 amide bonds. The summed E-state index contributed by atoms with van der Waals surface area (Å²) in [5.74, 6) is -1.21. The minimum Gasteiger partial charge on any atom is -0.480 e. The van der Waals surface area contributed by atoms with Gasteiger partial charge in [-0.25, -0.2) is 0 Å². The molecule has 4 N–H and O–H groups in total. The fourth-order valence-corrected chi connectivity index (χ4v) is 2.06. The van der Waals surface area contributed by atoms with Gasteiger partial charge in [-0.1, -0.05) is 11.8 Å². The van der Waals surface area contributed by atoms with E-state index < -0.39 is 17.9 Å². The Labute approximate surface area is 130 Å². The summed E-state index contributed by atoms with van der Waals surface area (Å²) in [6.07, 6.45) is 0. The third-order valence-corrected chi connectivity index (χ3v) is 3.46. The number of carbonyl (C=O) groups is 2. The Morgan fingerprint density at radius 1 is 1.36 bits per heavy atom. The minimum atomic E-state index is -1.10. The zero-order valence-corrected chi connectivity index (χ0v) is 12.5. The summed E-state index contributed by atoms with van der Waals surface area (Å²) in [6, 6.07) is 5.98. The maximum absolute atomic E-state index is 11.5. The van der Waals surface area contributed by atoms with E-state index in [9.17, 15) is 9.59 Å². The second-order valence-electron chi connectivity index (χ2n) is 4.41. The molecule has 116 valence electrons. The fraction of sp³-hybridized carbons (Fsp3) is 0.231. The first-order chi connectivity index (χ1) is 10.5. The van der Waals surface area contributed by atoms with Gasteiger partial charge in [-0.2, -0.15) is 0 Å². The van der Waals surface area contributed by atoms with Gasteiger partial charge in [-0.15, -0.1) is 10.2 Å². The number of hydrogen-bond donors (Lipinski definition) is 3. The Balaban J connectivity index is 1.91. The molecule has 0 radical (unpaired) electrons. The number of nitrogens with zero attached hydrogens (tertiary/aromatic N) is 2. The summed E-state index contributed by atoms with van der Waals surface area (Å²) >= 11 is 1.03. The van der Waals surface area contributed by atoms with Crippen molar-refractivity contribution in [1.82, 2.24) is 15.5 Å². The van der Waals surface area contributed by atoms with Crippen LogP contribution in [0.15, 0.2) is 33.9 Å². The number of carboxylic acids is 1. The largest absolute Gasteiger partial charge is 0.480 e. The molecule has 9 heteroatoms. The lowest BCUT2D eigenvalue weighted by molar-refractivity contribution is -0.140. The number of aromatic nitrogens is 2. The molecule has 0 fully saturated rings. The molecule has 0 saturated heterocycles. The summed E-state index contributed by atoms with van der Waals surface area (Å²) in [7, 11) is 0. The van der Waals surface area contributed by atoms with Gasteiger partial charge >= 0.3 is 5.97 Å². The monoisotopic (exact) mass is 322 g/mol. The van der Waals surface area contributed by atoms with E-state index in [4.69, 9.17) is 15.3 Å². The van der Waals surface area contributed by atoms with Gasteiger partial charge in [-0.05, 0) is 31.2 Å². The maximum Gasteiger partial charge on any atom is 0.325 e. The number of carbonyl (C=O) groups excluding carboxylic acids is 1. The van der Waals surface area contributed by atoms with Gasteiger partial charge in [0.1, 0.15) is 6.04 Å². The van der Waals surface area contributed by atoms with Crippen LogP contribution in [0.3, 0.4) is 0 Å². The van der Waals surface area contributed by atoms with Crippen LogP contribution in [0.2, 0.25) is 0 Å². The molecule has 0 aliphatic rings. The normalized spacial score (nSPS) is 11.9. The van der Waals surface area contributed by atoms with Crippen LogP contribution in [-0.4, -0.2) is 39.0 Å². The lowest BCUT2D eigenvalue weighted by Gasteiger charge is -2.07. The van der Waals surface area contributed by atoms with E-state index in [0.29, 0.717) is 11.6 Å². The third-order valence-electron chi connectivity index (χ3n) is 2.64. The number of nitrogens with two attached hydrogens (primary N) is 1. The van der Waals surface area contributed by atoms with Crippen molar-refractivity contribution in [3.05, 3.63) is 24.3 Å². The molecule has 0 bridgehead atoms. The summed E-state index contributed by atoms with van der Waals surface area (Å²) in [5.41, 5.74) is 6.94. The van der Waals surface area contributed by atoms with Crippen LogP contribution in [0.25, 0.3) is 11.5 Å². The number of aliphatic carboxylic acids is 1. The van der Waals surface area contributed by atoms with Gasteiger partial charge in [0, 0.05) is 11.3 Å². The molecule has 1 aromatic carbocycles. The molecular weight excluding hydrogens is 308 g/mol. The highest BCUT2D eigenvalue weighted by Crippen LogP contribution is 2.23. The number of anilines is 1. The first kappa shape index (κ1) is 15.8. The van der Waals surface area contributed by atoms with Crippen molar-refractivity contribution in [2.75, 3.05) is 11.5 Å². The summed E-state index contributed by atoms with van der Waals surface area (Å²) < 4.78 is 5.42. The predicted molar refractivity (Wildman–Crippen MR) is 80.1 cm³/mol. The molecule has 8 nitrogen and oxygen atoms in total. The van der Waals surface area contributed by atoms with Crippen molar-refractivity contribution in [3.8, 4) is 11.5 Å². The van der Waals surface area contributed by atoms with Gasteiger partial charge < -0.3 is 20.6 Å². The standard InChI is InChI=1S/C13H14N4O4S/c1-7(12(19)20)15-10(18)6-22-13-17-16-11(21-13)8-2-4-9(14)5-3-8/h2-5,7H,6,14H2,1H3,(H,15,18)(H,19,20). The number of nitrogen functional groups attached to an aromatic ring is 1. The minimum absolute atomic E-state index is 0.0129. The van der Waals surface area contributed by atoms with Gasteiger partial charge in [0.25, 0.3) is 5.22 Å². The number of rotatable bonds is 6. The molecule has 22 heavy (non-hydrogen) atoms. The molecule has 1 atom stereocenters. The van der Waals surface area contributed by atoms with Gasteiger partial charge in [0.05, 0.1) is 5.75 Å². The van der Waals surface area contributed by atoms with Crippen LogP contribution >= 0.6 is 11.8 Å². The molecule has 0 saturated carbocycles. The molecule has 2 aromatic rings. The lowest BCUT2D eigenvalue weighted by atomic mass is 10.2. The van der Waals surface area contributed by atoms with Crippen molar-refractivity contribution in [1.29, 1.82) is 0 Å². The van der Waals surface area contributed by atoms with E-state index in [1.807, 2.05) is 0 Å². The Kier molecular flexibility index (Phi) is 4.99. The molecular formula is C13H14N4O4S. The van der Waals surface area contributed by atoms with Crippen LogP contribution in [0.5, 0.6) is 0 Å². The van der Waals surface area contributed by atoms with E-state index in [2.05, 4.69) is 15.5 Å². The van der Waals surface area contributed by atoms with Gasteiger partial charge in [-0.3, -0.25) is 9.59 Å². The Morgan fingerprint density at radius 2 is 2.05 bits per heavy atom. The van der Waals surface area contributed by atoms with E-state index in [-0.39, 0.29) is 11.0 Å². The highest BCUT2D eigenvalue weighted by Gasteiger charge is 2.15.